The largest absolute Gasteiger partial charge is 0.353 e. The summed E-state index contributed by atoms with van der Waals surface area (Å²) in [5, 5.41) is 0. The molecule has 1 fully saturated rings. The van der Waals surface area contributed by atoms with Gasteiger partial charge < -0.3 is 9.47 Å². The molecule has 1 unspecified atom stereocenters. The topological polar surface area (TPSA) is 18.5 Å². The Morgan fingerprint density at radius 1 is 1.24 bits per heavy atom. The molecule has 1 heterocycles. The van der Waals surface area contributed by atoms with Gasteiger partial charge in [-0.3, -0.25) is 0 Å². The summed E-state index contributed by atoms with van der Waals surface area (Å²) in [5.41, 5.74) is 3.39. The van der Waals surface area contributed by atoms with E-state index >= 15 is 0 Å². The molecule has 1 atom stereocenters. The van der Waals surface area contributed by atoms with Gasteiger partial charge in [0, 0.05) is 19.6 Å². The first kappa shape index (κ1) is 14.8. The Kier molecular flexibility index (Phi) is 6.87. The summed E-state index contributed by atoms with van der Waals surface area (Å²) in [6.45, 7) is 8.53. The van der Waals surface area contributed by atoms with E-state index in [9.17, 15) is 0 Å². The average Bonchev–Trinajstić information content (AvgIpc) is 2.28. The summed E-state index contributed by atoms with van der Waals surface area (Å²) < 4.78 is 11.2. The Hall–Kier alpha value is -0.303. The third kappa shape index (κ3) is 8.42. The highest BCUT2D eigenvalue weighted by atomic mass is 28.3. The number of rotatable bonds is 5. The lowest BCUT2D eigenvalue weighted by molar-refractivity contribution is -0.162. The van der Waals surface area contributed by atoms with Crippen LogP contribution < -0.4 is 0 Å². The number of ether oxygens (including phenoxy) is 2. The monoisotopic (exact) mass is 254 g/mol. The minimum absolute atomic E-state index is 0.0665. The molecule has 1 saturated heterocycles. The second kappa shape index (κ2) is 7.92. The van der Waals surface area contributed by atoms with E-state index in [0.717, 1.165) is 38.9 Å². The smallest absolute Gasteiger partial charge is 0.157 e. The van der Waals surface area contributed by atoms with Gasteiger partial charge in [-0.1, -0.05) is 19.6 Å². The molecule has 0 saturated carbocycles. The van der Waals surface area contributed by atoms with Crippen molar-refractivity contribution < 1.29 is 9.47 Å². The fourth-order valence-electron chi connectivity index (χ4n) is 1.70. The van der Waals surface area contributed by atoms with Gasteiger partial charge in [-0.05, 0) is 32.1 Å². The van der Waals surface area contributed by atoms with Crippen molar-refractivity contribution in [3.05, 3.63) is 0 Å². The first-order valence-electron chi connectivity index (χ1n) is 6.81. The molecule has 0 bridgehead atoms. The van der Waals surface area contributed by atoms with Crippen LogP contribution in [-0.4, -0.2) is 27.6 Å². The quantitative estimate of drug-likeness (QED) is 0.424. The summed E-state index contributed by atoms with van der Waals surface area (Å²) in [6, 6.07) is 0. The van der Waals surface area contributed by atoms with Crippen LogP contribution in [0.1, 0.15) is 38.5 Å². The van der Waals surface area contributed by atoms with Crippen molar-refractivity contribution in [1.29, 1.82) is 0 Å². The summed E-state index contributed by atoms with van der Waals surface area (Å²) in [7, 11) is -1.16. The molecule has 2 nitrogen and oxygen atoms in total. The summed E-state index contributed by atoms with van der Waals surface area (Å²) in [6.07, 6.45) is 6.81. The lowest BCUT2D eigenvalue weighted by Crippen LogP contribution is -2.22. The Morgan fingerprint density at radius 3 is 2.71 bits per heavy atom. The zero-order chi connectivity index (χ0) is 12.6. The Bertz CT molecular complexity index is 254. The molecule has 98 valence electrons. The van der Waals surface area contributed by atoms with E-state index < -0.39 is 8.07 Å². The van der Waals surface area contributed by atoms with Crippen LogP contribution in [0.5, 0.6) is 0 Å². The van der Waals surface area contributed by atoms with Crippen LogP contribution >= 0.6 is 0 Å². The van der Waals surface area contributed by atoms with Crippen LogP contribution in [0.15, 0.2) is 0 Å². The van der Waals surface area contributed by atoms with E-state index in [1.165, 1.54) is 12.8 Å². The molecule has 0 aromatic carbocycles. The Labute approximate surface area is 107 Å². The van der Waals surface area contributed by atoms with E-state index in [-0.39, 0.29) is 6.29 Å². The zero-order valence-electron chi connectivity index (χ0n) is 11.6. The molecule has 0 aromatic rings. The van der Waals surface area contributed by atoms with Gasteiger partial charge in [0.2, 0.25) is 0 Å². The highest BCUT2D eigenvalue weighted by Crippen LogP contribution is 2.14. The molecule has 0 radical (unpaired) electrons. The fraction of sp³-hybridized carbons (Fsp3) is 0.857. The van der Waals surface area contributed by atoms with Crippen LogP contribution in [0.2, 0.25) is 19.6 Å². The van der Waals surface area contributed by atoms with Crippen LogP contribution in [-0.2, 0) is 9.47 Å². The lowest BCUT2D eigenvalue weighted by Gasteiger charge is -2.22. The molecule has 0 spiro atoms. The van der Waals surface area contributed by atoms with Gasteiger partial charge in [-0.2, -0.15) is 0 Å². The van der Waals surface area contributed by atoms with Gasteiger partial charge in [-0.15, -0.1) is 11.5 Å². The van der Waals surface area contributed by atoms with Crippen LogP contribution in [0, 0.1) is 11.5 Å². The van der Waals surface area contributed by atoms with E-state index in [0.29, 0.717) is 0 Å². The minimum Gasteiger partial charge on any atom is -0.353 e. The third-order valence-corrected chi connectivity index (χ3v) is 3.53. The fourth-order valence-corrected chi connectivity index (χ4v) is 2.36. The summed E-state index contributed by atoms with van der Waals surface area (Å²) in [5.74, 6) is 3.29. The number of unbranched alkanes of at least 4 members (excludes halogenated alkanes) is 2. The molecule has 1 aliphatic heterocycles. The first-order valence-corrected chi connectivity index (χ1v) is 10.3. The van der Waals surface area contributed by atoms with Gasteiger partial charge in [0.1, 0.15) is 8.07 Å². The van der Waals surface area contributed by atoms with Crippen molar-refractivity contribution in [2.75, 3.05) is 13.2 Å². The number of hydrogen-bond donors (Lipinski definition) is 0. The van der Waals surface area contributed by atoms with Crippen LogP contribution in [0.3, 0.4) is 0 Å². The van der Waals surface area contributed by atoms with Crippen LogP contribution in [0.25, 0.3) is 0 Å². The molecule has 3 heteroatoms. The highest BCUT2D eigenvalue weighted by Gasteiger charge is 2.13. The maximum Gasteiger partial charge on any atom is 0.157 e. The molecule has 1 rings (SSSR count). The van der Waals surface area contributed by atoms with Crippen molar-refractivity contribution in [3.63, 3.8) is 0 Å². The second-order valence-corrected chi connectivity index (χ2v) is 10.4. The Morgan fingerprint density at radius 2 is 2.06 bits per heavy atom. The number of hydrogen-bond acceptors (Lipinski definition) is 2. The van der Waals surface area contributed by atoms with Crippen molar-refractivity contribution >= 4 is 8.07 Å². The van der Waals surface area contributed by atoms with Crippen molar-refractivity contribution in [3.8, 4) is 11.5 Å². The van der Waals surface area contributed by atoms with Gasteiger partial charge in [0.05, 0.1) is 0 Å². The SMILES string of the molecule is C[Si](C)(C)C#CCCCCOC1CCCCO1. The maximum absolute atomic E-state index is 5.67. The summed E-state index contributed by atoms with van der Waals surface area (Å²) in [4.78, 5) is 0. The predicted octanol–water partition coefficient (Wildman–Crippen LogP) is 3.58. The Balaban J connectivity index is 1.95. The molecule has 17 heavy (non-hydrogen) atoms. The molecule has 0 aromatic heterocycles. The van der Waals surface area contributed by atoms with Crippen molar-refractivity contribution in [2.24, 2.45) is 0 Å². The van der Waals surface area contributed by atoms with E-state index in [1.807, 2.05) is 0 Å². The average molecular weight is 254 g/mol. The minimum atomic E-state index is -1.16. The molecule has 1 aliphatic rings. The van der Waals surface area contributed by atoms with E-state index in [2.05, 4.69) is 31.1 Å². The predicted molar refractivity (Wildman–Crippen MR) is 74.5 cm³/mol. The zero-order valence-corrected chi connectivity index (χ0v) is 12.6. The second-order valence-electron chi connectivity index (χ2n) is 5.68. The normalized spacial score (nSPS) is 20.8. The van der Waals surface area contributed by atoms with Gasteiger partial charge in [0.25, 0.3) is 0 Å². The van der Waals surface area contributed by atoms with E-state index in [1.54, 1.807) is 0 Å². The van der Waals surface area contributed by atoms with Gasteiger partial charge in [-0.25, -0.2) is 0 Å². The molecule has 0 N–H and O–H groups in total. The van der Waals surface area contributed by atoms with E-state index in [4.69, 9.17) is 9.47 Å². The maximum atomic E-state index is 5.67. The summed E-state index contributed by atoms with van der Waals surface area (Å²) >= 11 is 0. The van der Waals surface area contributed by atoms with Crippen molar-refractivity contribution in [2.45, 2.75) is 64.5 Å². The molecule has 0 amide bonds. The van der Waals surface area contributed by atoms with Crippen molar-refractivity contribution in [1.82, 2.24) is 0 Å². The lowest BCUT2D eigenvalue weighted by atomic mass is 10.2. The highest BCUT2D eigenvalue weighted by molar-refractivity contribution is 6.83. The first-order chi connectivity index (χ1) is 8.08. The third-order valence-electron chi connectivity index (χ3n) is 2.60. The van der Waals surface area contributed by atoms with Gasteiger partial charge in [0.15, 0.2) is 6.29 Å². The van der Waals surface area contributed by atoms with Crippen LogP contribution in [0.4, 0.5) is 0 Å². The molecular weight excluding hydrogens is 228 g/mol. The molecular formula is C14H26O2Si. The molecule has 0 aliphatic carbocycles. The van der Waals surface area contributed by atoms with Gasteiger partial charge >= 0.3 is 0 Å². The standard InChI is InChI=1S/C14H26O2Si/c1-17(2,3)13-9-5-4-7-11-15-14-10-6-8-12-16-14/h14H,4-8,10-12H2,1-3H3.